The summed E-state index contributed by atoms with van der Waals surface area (Å²) in [6, 6.07) is 9.16. The Labute approximate surface area is 145 Å². The molecule has 0 spiro atoms. The molecule has 2 heterocycles. The molecule has 0 fully saturated rings. The number of benzene rings is 1. The van der Waals surface area contributed by atoms with Crippen LogP contribution in [-0.2, 0) is 0 Å². The van der Waals surface area contributed by atoms with Gasteiger partial charge in [-0.2, -0.15) is 0 Å². The first-order valence-electron chi connectivity index (χ1n) is 7.96. The van der Waals surface area contributed by atoms with Gasteiger partial charge in [-0.25, -0.2) is 4.98 Å². The van der Waals surface area contributed by atoms with Crippen molar-refractivity contribution < 1.29 is 14.4 Å². The smallest absolute Gasteiger partial charge is 0.258 e. The van der Waals surface area contributed by atoms with Crippen LogP contribution in [0.4, 0.5) is 11.4 Å². The van der Waals surface area contributed by atoms with E-state index in [9.17, 15) is 4.79 Å². The maximum Gasteiger partial charge on any atom is 0.258 e. The Morgan fingerprint density at radius 3 is 2.68 bits per heavy atom. The van der Waals surface area contributed by atoms with Crippen molar-refractivity contribution in [3.63, 3.8) is 0 Å². The van der Waals surface area contributed by atoms with E-state index in [1.54, 1.807) is 19.9 Å². The van der Waals surface area contributed by atoms with Gasteiger partial charge in [0.05, 0.1) is 23.3 Å². The third-order valence-electron chi connectivity index (χ3n) is 3.99. The van der Waals surface area contributed by atoms with Gasteiger partial charge in [0.2, 0.25) is 0 Å². The number of aryl methyl sites for hydroxylation is 2. The third-order valence-corrected chi connectivity index (χ3v) is 3.99. The molecule has 130 valence electrons. The summed E-state index contributed by atoms with van der Waals surface area (Å²) in [5.74, 6) is -0.238. The highest BCUT2D eigenvalue weighted by atomic mass is 16.5. The van der Waals surface area contributed by atoms with Gasteiger partial charge in [0.1, 0.15) is 0 Å². The number of pyridine rings is 1. The molecule has 0 aliphatic rings. The Morgan fingerprint density at radius 2 is 2.00 bits per heavy atom. The zero-order valence-electron chi connectivity index (χ0n) is 14.4. The minimum absolute atomic E-state index is 0.0878. The lowest BCUT2D eigenvalue weighted by Gasteiger charge is -2.18. The van der Waals surface area contributed by atoms with Gasteiger partial charge < -0.3 is 19.8 Å². The lowest BCUT2D eigenvalue weighted by atomic mass is 10.1. The molecule has 3 aromatic rings. The Kier molecular flexibility index (Phi) is 4.67. The standard InChI is InChI=1S/C18H20N4O3/c1-11-10-15(16-12(2)21-25-18(16)19-11)17(24)20-13-4-6-14(7-5-13)22(3)8-9-23/h4-7,10,23H,8-9H2,1-3H3,(H,20,24). The summed E-state index contributed by atoms with van der Waals surface area (Å²) in [6.45, 7) is 4.22. The van der Waals surface area contributed by atoms with Gasteiger partial charge in [0.25, 0.3) is 11.6 Å². The molecule has 3 rings (SSSR count). The van der Waals surface area contributed by atoms with Crippen LogP contribution in [0.2, 0.25) is 0 Å². The molecule has 0 atom stereocenters. The van der Waals surface area contributed by atoms with Gasteiger partial charge >= 0.3 is 0 Å². The van der Waals surface area contributed by atoms with E-state index in [1.165, 1.54) is 0 Å². The fraction of sp³-hybridized carbons (Fsp3) is 0.278. The monoisotopic (exact) mass is 340 g/mol. The molecule has 7 heteroatoms. The first-order valence-corrected chi connectivity index (χ1v) is 7.96. The maximum atomic E-state index is 12.7. The van der Waals surface area contributed by atoms with Crippen LogP contribution in [0.15, 0.2) is 34.9 Å². The third kappa shape index (κ3) is 3.46. The van der Waals surface area contributed by atoms with E-state index in [1.807, 2.05) is 36.2 Å². The predicted octanol–water partition coefficient (Wildman–Crippen LogP) is 2.52. The van der Waals surface area contributed by atoms with Gasteiger partial charge in [-0.1, -0.05) is 5.16 Å². The van der Waals surface area contributed by atoms with E-state index in [-0.39, 0.29) is 12.5 Å². The summed E-state index contributed by atoms with van der Waals surface area (Å²) in [5, 5.41) is 16.4. The van der Waals surface area contributed by atoms with Gasteiger partial charge in [-0.05, 0) is 44.2 Å². The number of aliphatic hydroxyl groups excluding tert-OH is 1. The van der Waals surface area contributed by atoms with Crippen molar-refractivity contribution in [3.05, 3.63) is 47.3 Å². The molecule has 2 aromatic heterocycles. The fourth-order valence-corrected chi connectivity index (χ4v) is 2.67. The van der Waals surface area contributed by atoms with E-state index < -0.39 is 0 Å². The molecule has 0 saturated heterocycles. The molecule has 0 bridgehead atoms. The molecule has 25 heavy (non-hydrogen) atoms. The highest BCUT2D eigenvalue weighted by Gasteiger charge is 2.18. The van der Waals surface area contributed by atoms with E-state index >= 15 is 0 Å². The largest absolute Gasteiger partial charge is 0.395 e. The lowest BCUT2D eigenvalue weighted by Crippen LogP contribution is -2.21. The average Bonchev–Trinajstić information content (AvgIpc) is 2.96. The number of hydrogen-bond donors (Lipinski definition) is 2. The summed E-state index contributed by atoms with van der Waals surface area (Å²) in [4.78, 5) is 18.9. The van der Waals surface area contributed by atoms with Crippen LogP contribution >= 0.6 is 0 Å². The Morgan fingerprint density at radius 1 is 1.28 bits per heavy atom. The number of fused-ring (bicyclic) bond motifs is 1. The highest BCUT2D eigenvalue weighted by molar-refractivity contribution is 6.12. The van der Waals surface area contributed by atoms with Crippen LogP contribution in [-0.4, -0.2) is 41.4 Å². The minimum Gasteiger partial charge on any atom is -0.395 e. The van der Waals surface area contributed by atoms with Crippen LogP contribution < -0.4 is 10.2 Å². The number of likely N-dealkylation sites (N-methyl/N-ethyl adjacent to an activating group) is 1. The molecule has 0 unspecified atom stereocenters. The number of carbonyl (C=O) groups is 1. The van der Waals surface area contributed by atoms with E-state index in [2.05, 4.69) is 15.5 Å². The predicted molar refractivity (Wildman–Crippen MR) is 96.0 cm³/mol. The van der Waals surface area contributed by atoms with Crippen molar-refractivity contribution in [1.82, 2.24) is 10.1 Å². The van der Waals surface area contributed by atoms with Crippen molar-refractivity contribution in [3.8, 4) is 0 Å². The Balaban J connectivity index is 1.84. The van der Waals surface area contributed by atoms with Crippen molar-refractivity contribution in [2.24, 2.45) is 0 Å². The number of carbonyl (C=O) groups excluding carboxylic acids is 1. The topological polar surface area (TPSA) is 91.5 Å². The SMILES string of the molecule is Cc1cc(C(=O)Nc2ccc(N(C)CCO)cc2)c2c(C)noc2n1. The van der Waals surface area contributed by atoms with Gasteiger partial charge in [0.15, 0.2) is 0 Å². The van der Waals surface area contributed by atoms with Crippen LogP contribution in [0.25, 0.3) is 11.1 Å². The number of aromatic nitrogens is 2. The second-order valence-electron chi connectivity index (χ2n) is 5.91. The van der Waals surface area contributed by atoms with Crippen molar-refractivity contribution in [1.29, 1.82) is 0 Å². The van der Waals surface area contributed by atoms with Gasteiger partial charge in [-0.3, -0.25) is 4.79 Å². The second kappa shape index (κ2) is 6.90. The van der Waals surface area contributed by atoms with E-state index in [0.717, 1.165) is 5.69 Å². The normalized spacial score (nSPS) is 10.9. The van der Waals surface area contributed by atoms with E-state index in [4.69, 9.17) is 9.63 Å². The van der Waals surface area contributed by atoms with Crippen molar-refractivity contribution in [2.75, 3.05) is 30.4 Å². The van der Waals surface area contributed by atoms with Gasteiger partial charge in [-0.15, -0.1) is 0 Å². The molecule has 2 N–H and O–H groups in total. The fourth-order valence-electron chi connectivity index (χ4n) is 2.67. The molecule has 0 radical (unpaired) electrons. The van der Waals surface area contributed by atoms with Gasteiger partial charge in [0, 0.05) is 30.7 Å². The number of rotatable bonds is 5. The first kappa shape index (κ1) is 16.9. The molecule has 0 aliphatic carbocycles. The molecule has 1 aromatic carbocycles. The van der Waals surface area contributed by atoms with Crippen molar-refractivity contribution >= 4 is 28.4 Å². The molecule has 7 nitrogen and oxygen atoms in total. The molecular formula is C18H20N4O3. The van der Waals surface area contributed by atoms with Crippen LogP contribution in [0.3, 0.4) is 0 Å². The zero-order chi connectivity index (χ0) is 18.0. The molecule has 1 amide bonds. The Hall–Kier alpha value is -2.93. The van der Waals surface area contributed by atoms with Crippen LogP contribution in [0.1, 0.15) is 21.7 Å². The highest BCUT2D eigenvalue weighted by Crippen LogP contribution is 2.23. The van der Waals surface area contributed by atoms with Crippen molar-refractivity contribution in [2.45, 2.75) is 13.8 Å². The summed E-state index contributed by atoms with van der Waals surface area (Å²) in [7, 11) is 1.90. The molecular weight excluding hydrogens is 320 g/mol. The maximum absolute atomic E-state index is 12.7. The average molecular weight is 340 g/mol. The summed E-state index contributed by atoms with van der Waals surface area (Å²) in [5.41, 5.74) is 3.82. The number of aliphatic hydroxyl groups is 1. The quantitative estimate of drug-likeness (QED) is 0.741. The number of amides is 1. The zero-order valence-corrected chi connectivity index (χ0v) is 14.4. The molecule has 0 saturated carbocycles. The van der Waals surface area contributed by atoms with E-state index in [0.29, 0.717) is 40.3 Å². The Bertz CT molecular complexity index is 903. The number of nitrogens with one attached hydrogen (secondary N) is 1. The summed E-state index contributed by atoms with van der Waals surface area (Å²) < 4.78 is 5.17. The molecule has 0 aliphatic heterocycles. The second-order valence-corrected chi connectivity index (χ2v) is 5.91. The number of nitrogens with zero attached hydrogens (tertiary/aromatic N) is 3. The van der Waals surface area contributed by atoms with Crippen LogP contribution in [0, 0.1) is 13.8 Å². The number of hydrogen-bond acceptors (Lipinski definition) is 6. The van der Waals surface area contributed by atoms with Crippen LogP contribution in [0.5, 0.6) is 0 Å². The number of anilines is 2. The lowest BCUT2D eigenvalue weighted by molar-refractivity contribution is 0.102. The first-order chi connectivity index (χ1) is 12.0. The summed E-state index contributed by atoms with van der Waals surface area (Å²) in [6.07, 6.45) is 0. The minimum atomic E-state index is -0.238. The summed E-state index contributed by atoms with van der Waals surface area (Å²) >= 11 is 0.